The zero-order valence-corrected chi connectivity index (χ0v) is 13.5. The Bertz CT molecular complexity index is 442. The summed E-state index contributed by atoms with van der Waals surface area (Å²) in [5, 5.41) is 0. The molecule has 0 saturated carbocycles. The molecule has 4 heteroatoms. The van der Waals surface area contributed by atoms with Gasteiger partial charge in [-0.1, -0.05) is 20.8 Å². The first-order valence-corrected chi connectivity index (χ1v) is 7.56. The Morgan fingerprint density at radius 2 is 2.00 bits per heavy atom. The first kappa shape index (κ1) is 17.3. The lowest BCUT2D eigenvalue weighted by atomic mass is 10.1. The Hall–Kier alpha value is -1.71. The minimum atomic E-state index is -0.136. The number of methoxy groups -OCH3 is 1. The van der Waals surface area contributed by atoms with Crippen LogP contribution in [-0.2, 0) is 16.0 Å². The number of hydrogen-bond acceptors (Lipinski definition) is 4. The molecule has 118 valence electrons. The highest BCUT2D eigenvalue weighted by atomic mass is 16.5. The molecule has 0 aliphatic heterocycles. The zero-order chi connectivity index (χ0) is 15.7. The van der Waals surface area contributed by atoms with Gasteiger partial charge >= 0.3 is 5.97 Å². The van der Waals surface area contributed by atoms with Crippen molar-refractivity contribution in [3.63, 3.8) is 0 Å². The van der Waals surface area contributed by atoms with Crippen LogP contribution in [0.4, 0.5) is 0 Å². The second-order valence-corrected chi connectivity index (χ2v) is 5.18. The van der Waals surface area contributed by atoms with E-state index in [2.05, 4.69) is 6.92 Å². The molecule has 1 unspecified atom stereocenters. The van der Waals surface area contributed by atoms with Crippen molar-refractivity contribution in [1.29, 1.82) is 0 Å². The molecule has 1 aromatic rings. The van der Waals surface area contributed by atoms with Crippen LogP contribution < -0.4 is 9.47 Å². The summed E-state index contributed by atoms with van der Waals surface area (Å²) in [6, 6.07) is 5.80. The molecule has 0 radical (unpaired) electrons. The van der Waals surface area contributed by atoms with Gasteiger partial charge in [0.25, 0.3) is 0 Å². The monoisotopic (exact) mass is 294 g/mol. The molecule has 0 heterocycles. The van der Waals surface area contributed by atoms with E-state index in [1.54, 1.807) is 7.11 Å². The lowest BCUT2D eigenvalue weighted by Gasteiger charge is -2.16. The van der Waals surface area contributed by atoms with E-state index in [9.17, 15) is 4.79 Å². The predicted molar refractivity (Wildman–Crippen MR) is 82.9 cm³/mol. The molecule has 0 saturated heterocycles. The van der Waals surface area contributed by atoms with Gasteiger partial charge in [-0.15, -0.1) is 0 Å². The number of aryl methyl sites for hydroxylation is 1. The molecule has 0 spiro atoms. The fourth-order valence-corrected chi connectivity index (χ4v) is 1.89. The zero-order valence-electron chi connectivity index (χ0n) is 13.5. The van der Waals surface area contributed by atoms with Gasteiger partial charge in [0.1, 0.15) is 11.5 Å². The first-order chi connectivity index (χ1) is 10.1. The van der Waals surface area contributed by atoms with Gasteiger partial charge < -0.3 is 14.2 Å². The predicted octanol–water partition coefficient (Wildman–Crippen LogP) is 3.62. The van der Waals surface area contributed by atoms with Crippen molar-refractivity contribution in [2.45, 2.75) is 40.0 Å². The third-order valence-corrected chi connectivity index (χ3v) is 3.15. The number of benzene rings is 1. The Morgan fingerprint density at radius 1 is 1.24 bits per heavy atom. The molecule has 0 aliphatic rings. The quantitative estimate of drug-likeness (QED) is 0.653. The van der Waals surface area contributed by atoms with E-state index >= 15 is 0 Å². The second-order valence-electron chi connectivity index (χ2n) is 5.18. The molecule has 0 aromatic heterocycles. The normalized spacial score (nSPS) is 11.8. The molecule has 0 N–H and O–H groups in total. The maximum atomic E-state index is 11.3. The van der Waals surface area contributed by atoms with Crippen LogP contribution in [0.1, 0.15) is 39.2 Å². The molecular weight excluding hydrogens is 268 g/mol. The highest BCUT2D eigenvalue weighted by Gasteiger charge is 2.10. The first-order valence-electron chi connectivity index (χ1n) is 7.56. The van der Waals surface area contributed by atoms with Crippen LogP contribution in [-0.4, -0.2) is 26.3 Å². The van der Waals surface area contributed by atoms with Crippen LogP contribution in [0.3, 0.4) is 0 Å². The van der Waals surface area contributed by atoms with Crippen molar-refractivity contribution in [3.8, 4) is 11.5 Å². The molecule has 21 heavy (non-hydrogen) atoms. The molecule has 1 aromatic carbocycles. The van der Waals surface area contributed by atoms with Gasteiger partial charge in [0, 0.05) is 12.3 Å². The van der Waals surface area contributed by atoms with Crippen molar-refractivity contribution in [3.05, 3.63) is 23.8 Å². The number of hydrogen-bond donors (Lipinski definition) is 0. The molecule has 0 fully saturated rings. The molecule has 0 bridgehead atoms. The van der Waals surface area contributed by atoms with E-state index in [0.717, 1.165) is 29.9 Å². The van der Waals surface area contributed by atoms with Crippen molar-refractivity contribution in [2.24, 2.45) is 5.92 Å². The Morgan fingerprint density at radius 3 is 2.62 bits per heavy atom. The van der Waals surface area contributed by atoms with Crippen LogP contribution in [0.2, 0.25) is 0 Å². The summed E-state index contributed by atoms with van der Waals surface area (Å²) in [7, 11) is 1.65. The Kier molecular flexibility index (Phi) is 7.65. The van der Waals surface area contributed by atoms with Gasteiger partial charge in [0.2, 0.25) is 0 Å². The summed E-state index contributed by atoms with van der Waals surface area (Å²) in [4.78, 5) is 11.3. The Labute approximate surface area is 127 Å². The van der Waals surface area contributed by atoms with Crippen molar-refractivity contribution in [1.82, 2.24) is 0 Å². The smallest absolute Gasteiger partial charge is 0.305 e. The topological polar surface area (TPSA) is 44.8 Å². The van der Waals surface area contributed by atoms with Gasteiger partial charge in [-0.05, 0) is 36.6 Å². The summed E-state index contributed by atoms with van der Waals surface area (Å²) in [5.41, 5.74) is 1.12. The molecule has 0 aliphatic carbocycles. The molecule has 0 amide bonds. The second kappa shape index (κ2) is 9.27. The van der Waals surface area contributed by atoms with E-state index in [4.69, 9.17) is 14.2 Å². The van der Waals surface area contributed by atoms with E-state index in [1.165, 1.54) is 0 Å². The third kappa shape index (κ3) is 6.06. The average Bonchev–Trinajstić information content (AvgIpc) is 2.51. The lowest BCUT2D eigenvalue weighted by molar-refractivity contribution is -0.145. The van der Waals surface area contributed by atoms with Crippen LogP contribution >= 0.6 is 0 Å². The highest BCUT2D eigenvalue weighted by molar-refractivity contribution is 5.69. The number of rotatable bonds is 9. The minimum absolute atomic E-state index is 0.136. The molecular formula is C17H26O4. The van der Waals surface area contributed by atoms with Crippen LogP contribution in [0.25, 0.3) is 0 Å². The molecule has 1 rings (SSSR count). The van der Waals surface area contributed by atoms with E-state index < -0.39 is 0 Å². The highest BCUT2D eigenvalue weighted by Crippen LogP contribution is 2.25. The fraction of sp³-hybridized carbons (Fsp3) is 0.588. The summed E-state index contributed by atoms with van der Waals surface area (Å²) >= 11 is 0. The van der Waals surface area contributed by atoms with Crippen LogP contribution in [0.5, 0.6) is 11.5 Å². The summed E-state index contributed by atoms with van der Waals surface area (Å²) in [5.74, 6) is 1.73. The van der Waals surface area contributed by atoms with Crippen molar-refractivity contribution < 1.29 is 19.0 Å². The number of carbonyl (C=O) groups is 1. The van der Waals surface area contributed by atoms with E-state index in [1.807, 2.05) is 32.0 Å². The van der Waals surface area contributed by atoms with Crippen LogP contribution in [0, 0.1) is 5.92 Å². The third-order valence-electron chi connectivity index (χ3n) is 3.15. The summed E-state index contributed by atoms with van der Waals surface area (Å²) in [6.07, 6.45) is 2.17. The van der Waals surface area contributed by atoms with Crippen molar-refractivity contribution >= 4 is 5.97 Å². The van der Waals surface area contributed by atoms with Crippen molar-refractivity contribution in [2.75, 3.05) is 20.3 Å². The summed E-state index contributed by atoms with van der Waals surface area (Å²) < 4.78 is 16.2. The van der Waals surface area contributed by atoms with Gasteiger partial charge in [0.15, 0.2) is 0 Å². The maximum Gasteiger partial charge on any atom is 0.305 e. The molecule has 4 nitrogen and oxygen atoms in total. The summed E-state index contributed by atoms with van der Waals surface area (Å²) in [6.45, 7) is 6.98. The average molecular weight is 294 g/mol. The fourth-order valence-electron chi connectivity index (χ4n) is 1.89. The Balaban J connectivity index is 2.45. The standard InChI is InChI=1S/C17H26O4/c1-5-7-17(18)21-12-13(3)11-20-16-9-8-15(19-4)10-14(16)6-2/h8-10,13H,5-7,11-12H2,1-4H3. The largest absolute Gasteiger partial charge is 0.497 e. The molecule has 1 atom stereocenters. The minimum Gasteiger partial charge on any atom is -0.497 e. The van der Waals surface area contributed by atoms with Gasteiger partial charge in [0.05, 0.1) is 20.3 Å². The van der Waals surface area contributed by atoms with Crippen LogP contribution in [0.15, 0.2) is 18.2 Å². The van der Waals surface area contributed by atoms with Gasteiger partial charge in [-0.3, -0.25) is 4.79 Å². The van der Waals surface area contributed by atoms with E-state index in [0.29, 0.717) is 19.6 Å². The van der Waals surface area contributed by atoms with E-state index in [-0.39, 0.29) is 11.9 Å². The van der Waals surface area contributed by atoms with Gasteiger partial charge in [-0.25, -0.2) is 0 Å². The SMILES string of the molecule is CCCC(=O)OCC(C)COc1ccc(OC)cc1CC. The lowest BCUT2D eigenvalue weighted by Crippen LogP contribution is -2.18. The number of esters is 1. The van der Waals surface area contributed by atoms with Gasteiger partial charge in [-0.2, -0.15) is 0 Å². The maximum absolute atomic E-state index is 11.3. The number of ether oxygens (including phenoxy) is 3. The number of carbonyl (C=O) groups excluding carboxylic acids is 1.